The van der Waals surface area contributed by atoms with Gasteiger partial charge in [-0.25, -0.2) is 4.98 Å². The molecule has 358 valence electrons. The van der Waals surface area contributed by atoms with E-state index in [9.17, 15) is 0 Å². The molecule has 17 aromatic rings. The van der Waals surface area contributed by atoms with Gasteiger partial charge in [0.2, 0.25) is 5.95 Å². The fourth-order valence-corrected chi connectivity index (χ4v) is 12.4. The molecule has 0 aliphatic heterocycles. The molecule has 0 aliphatic rings. The Hall–Kier alpha value is -10.6. The van der Waals surface area contributed by atoms with Crippen molar-refractivity contribution in [1.29, 1.82) is 0 Å². The van der Waals surface area contributed by atoms with Crippen molar-refractivity contribution in [3.63, 3.8) is 0 Å². The van der Waals surface area contributed by atoms with Crippen LogP contribution in [-0.2, 0) is 0 Å². The third-order valence-electron chi connectivity index (χ3n) is 15.7. The molecule has 0 radical (unpaired) electrons. The topological polar surface area (TPSA) is 79.7 Å². The van der Waals surface area contributed by atoms with Crippen LogP contribution >= 0.6 is 0 Å². The van der Waals surface area contributed by atoms with Gasteiger partial charge in [0.1, 0.15) is 22.3 Å². The summed E-state index contributed by atoms with van der Waals surface area (Å²) in [5.74, 6) is 1.62. The van der Waals surface area contributed by atoms with Gasteiger partial charge in [0.15, 0.2) is 11.6 Å². The molecule has 6 heterocycles. The molecule has 0 unspecified atom stereocenters. The van der Waals surface area contributed by atoms with Crippen LogP contribution in [0.3, 0.4) is 0 Å². The van der Waals surface area contributed by atoms with Crippen molar-refractivity contribution in [2.45, 2.75) is 0 Å². The van der Waals surface area contributed by atoms with E-state index < -0.39 is 0 Å². The predicted molar refractivity (Wildman–Crippen MR) is 314 cm³/mol. The van der Waals surface area contributed by atoms with Gasteiger partial charge in [-0.05, 0) is 90.0 Å². The third kappa shape index (κ3) is 6.06. The lowest BCUT2D eigenvalue weighted by atomic mass is 9.97. The van der Waals surface area contributed by atoms with Gasteiger partial charge in [0.25, 0.3) is 0 Å². The Morgan fingerprint density at radius 3 is 1.42 bits per heavy atom. The van der Waals surface area contributed by atoms with Crippen molar-refractivity contribution in [2.75, 3.05) is 0 Å². The smallest absolute Gasteiger partial charge is 0.238 e. The lowest BCUT2D eigenvalue weighted by molar-refractivity contribution is 0.669. The molecule has 0 bridgehead atoms. The standard InChI is InChI=1S/C69H40N6O2/c1-3-17-41(18-4-1)67-70-68(72-69(71-67)75-58-30-14-10-24-49(58)51-36-35-50-48-23-9-13-29-57(48)74(65(50)66(51)75)43-19-5-2-6-20-43)52-26-16-32-62-64(52)53-39-42(33-37-59(53)76-62)45-25-15-31-61-63(45)54-40-44(34-38-60(54)77-61)73-55-27-11-7-21-46(55)47-22-8-12-28-56(47)73/h1-40H. The van der Waals surface area contributed by atoms with Gasteiger partial charge < -0.3 is 18.0 Å². The highest BCUT2D eigenvalue weighted by Crippen LogP contribution is 2.45. The normalized spacial score (nSPS) is 12.2. The van der Waals surface area contributed by atoms with Crippen molar-refractivity contribution in [1.82, 2.24) is 28.7 Å². The second kappa shape index (κ2) is 16.0. The van der Waals surface area contributed by atoms with E-state index in [2.05, 4.69) is 226 Å². The predicted octanol–water partition coefficient (Wildman–Crippen LogP) is 18.0. The number of rotatable bonds is 6. The van der Waals surface area contributed by atoms with E-state index in [0.29, 0.717) is 17.6 Å². The summed E-state index contributed by atoms with van der Waals surface area (Å²) in [4.78, 5) is 16.3. The average Bonchev–Trinajstić information content (AvgIpc) is 4.45. The van der Waals surface area contributed by atoms with E-state index in [4.69, 9.17) is 23.8 Å². The quantitative estimate of drug-likeness (QED) is 0.166. The van der Waals surface area contributed by atoms with E-state index >= 15 is 0 Å². The Labute approximate surface area is 438 Å². The second-order valence-electron chi connectivity index (χ2n) is 19.9. The number of fused-ring (bicyclic) bond motifs is 16. The Bertz CT molecular complexity index is 5240. The molecule has 11 aromatic carbocycles. The summed E-state index contributed by atoms with van der Waals surface area (Å²) in [5.41, 5.74) is 15.7. The molecule has 17 rings (SSSR count). The minimum absolute atomic E-state index is 0.515. The summed E-state index contributed by atoms with van der Waals surface area (Å²) in [6, 6.07) is 85.4. The van der Waals surface area contributed by atoms with Crippen molar-refractivity contribution < 1.29 is 8.83 Å². The summed E-state index contributed by atoms with van der Waals surface area (Å²) in [7, 11) is 0. The number of hydrogen-bond acceptors (Lipinski definition) is 5. The molecule has 0 atom stereocenters. The molecule has 0 amide bonds. The van der Waals surface area contributed by atoms with Crippen LogP contribution in [0.2, 0.25) is 0 Å². The zero-order valence-electron chi connectivity index (χ0n) is 41.1. The molecule has 0 N–H and O–H groups in total. The summed E-state index contributed by atoms with van der Waals surface area (Å²) in [5, 5.41) is 11.0. The Kier molecular flexibility index (Phi) is 8.68. The van der Waals surface area contributed by atoms with E-state index in [-0.39, 0.29) is 0 Å². The lowest BCUT2D eigenvalue weighted by Gasteiger charge is -2.13. The highest BCUT2D eigenvalue weighted by atomic mass is 16.3. The van der Waals surface area contributed by atoms with E-state index in [0.717, 1.165) is 127 Å². The molecule has 0 spiro atoms. The van der Waals surface area contributed by atoms with Crippen LogP contribution in [-0.4, -0.2) is 28.7 Å². The van der Waals surface area contributed by atoms with Gasteiger partial charge in [-0.2, -0.15) is 9.97 Å². The highest BCUT2D eigenvalue weighted by molar-refractivity contribution is 6.24. The molecular formula is C69H40N6O2. The monoisotopic (exact) mass is 984 g/mol. The van der Waals surface area contributed by atoms with Crippen LogP contribution in [0, 0.1) is 0 Å². The van der Waals surface area contributed by atoms with Crippen LogP contribution in [0.15, 0.2) is 251 Å². The third-order valence-corrected chi connectivity index (χ3v) is 15.7. The van der Waals surface area contributed by atoms with E-state index in [1.807, 2.05) is 30.3 Å². The maximum Gasteiger partial charge on any atom is 0.238 e. The fraction of sp³-hybridized carbons (Fsp3) is 0. The average molecular weight is 985 g/mol. The van der Waals surface area contributed by atoms with Gasteiger partial charge in [-0.15, -0.1) is 0 Å². The molecular weight excluding hydrogens is 945 g/mol. The number of hydrogen-bond donors (Lipinski definition) is 0. The number of nitrogens with zero attached hydrogens (tertiary/aromatic N) is 6. The van der Waals surface area contributed by atoms with Crippen LogP contribution in [0.5, 0.6) is 0 Å². The Morgan fingerprint density at radius 2 is 0.766 bits per heavy atom. The Balaban J connectivity index is 0.897. The summed E-state index contributed by atoms with van der Waals surface area (Å²) in [6.07, 6.45) is 0. The first kappa shape index (κ1) is 41.9. The summed E-state index contributed by atoms with van der Waals surface area (Å²) >= 11 is 0. The Morgan fingerprint density at radius 1 is 0.273 bits per heavy atom. The SMILES string of the molecule is c1ccc(-c2nc(-c3cccc4oc5ccc(-c6cccc7oc8ccc(-n9c%10ccccc%10c%10ccccc%109)cc8c67)cc5c34)nc(-n3c4ccccc4c4ccc5c6ccccc6n(-c6ccccc6)c5c43)n2)cc1. The van der Waals surface area contributed by atoms with Gasteiger partial charge in [0, 0.05) is 76.4 Å². The van der Waals surface area contributed by atoms with Gasteiger partial charge in [0.05, 0.1) is 33.1 Å². The van der Waals surface area contributed by atoms with Crippen molar-refractivity contribution in [3.8, 4) is 51.2 Å². The van der Waals surface area contributed by atoms with Crippen molar-refractivity contribution in [3.05, 3.63) is 243 Å². The van der Waals surface area contributed by atoms with Crippen molar-refractivity contribution in [2.24, 2.45) is 0 Å². The second-order valence-corrected chi connectivity index (χ2v) is 19.9. The first-order chi connectivity index (χ1) is 38.2. The van der Waals surface area contributed by atoms with Crippen LogP contribution in [0.4, 0.5) is 0 Å². The first-order valence-electron chi connectivity index (χ1n) is 25.9. The minimum Gasteiger partial charge on any atom is -0.456 e. The molecule has 77 heavy (non-hydrogen) atoms. The van der Waals surface area contributed by atoms with Crippen LogP contribution in [0.25, 0.3) is 161 Å². The number of furan rings is 2. The molecule has 6 aromatic heterocycles. The van der Waals surface area contributed by atoms with Gasteiger partial charge >= 0.3 is 0 Å². The summed E-state index contributed by atoms with van der Waals surface area (Å²) in [6.45, 7) is 0. The molecule has 0 aliphatic carbocycles. The fourth-order valence-electron chi connectivity index (χ4n) is 12.4. The zero-order valence-corrected chi connectivity index (χ0v) is 41.1. The highest BCUT2D eigenvalue weighted by Gasteiger charge is 2.25. The van der Waals surface area contributed by atoms with Crippen molar-refractivity contribution >= 4 is 109 Å². The zero-order chi connectivity index (χ0) is 50.3. The maximum atomic E-state index is 6.74. The molecule has 8 nitrogen and oxygen atoms in total. The summed E-state index contributed by atoms with van der Waals surface area (Å²) < 4.78 is 20.4. The number of aromatic nitrogens is 6. The lowest BCUT2D eigenvalue weighted by Crippen LogP contribution is -2.07. The van der Waals surface area contributed by atoms with E-state index in [1.165, 1.54) is 16.2 Å². The van der Waals surface area contributed by atoms with Crippen LogP contribution in [0.1, 0.15) is 0 Å². The largest absolute Gasteiger partial charge is 0.456 e. The number of para-hydroxylation sites is 5. The molecule has 0 saturated heterocycles. The van der Waals surface area contributed by atoms with E-state index in [1.54, 1.807) is 0 Å². The minimum atomic E-state index is 0.515. The molecule has 8 heteroatoms. The van der Waals surface area contributed by atoms with Gasteiger partial charge in [-0.3, -0.25) is 4.57 Å². The number of benzene rings is 11. The maximum absolute atomic E-state index is 6.74. The van der Waals surface area contributed by atoms with Gasteiger partial charge in [-0.1, -0.05) is 164 Å². The molecule has 0 saturated carbocycles. The molecule has 0 fully saturated rings. The first-order valence-corrected chi connectivity index (χ1v) is 25.9. The van der Waals surface area contributed by atoms with Crippen LogP contribution < -0.4 is 0 Å².